The van der Waals surface area contributed by atoms with Gasteiger partial charge in [-0.15, -0.1) is 0 Å². The van der Waals surface area contributed by atoms with Crippen molar-refractivity contribution in [1.29, 1.82) is 0 Å². The number of fused-ring (bicyclic) bond motifs is 1. The highest BCUT2D eigenvalue weighted by atomic mass is 15.0. The van der Waals surface area contributed by atoms with E-state index in [1.54, 1.807) is 0 Å². The Morgan fingerprint density at radius 1 is 1.07 bits per heavy atom. The van der Waals surface area contributed by atoms with Crippen LogP contribution in [0.4, 0.5) is 0 Å². The van der Waals surface area contributed by atoms with Gasteiger partial charge < -0.3 is 10.3 Å². The molecule has 0 radical (unpaired) electrons. The zero-order chi connectivity index (χ0) is 19.7. The summed E-state index contributed by atoms with van der Waals surface area (Å²) >= 11 is 0. The third kappa shape index (κ3) is 3.63. The highest BCUT2D eigenvalue weighted by Crippen LogP contribution is 2.37. The quantitative estimate of drug-likeness (QED) is 0.662. The summed E-state index contributed by atoms with van der Waals surface area (Å²) in [6.07, 6.45) is 5.62. The number of unbranched alkanes of at least 4 members (excludes halogenated alkanes) is 1. The molecule has 0 bridgehead atoms. The molecule has 4 heteroatoms. The summed E-state index contributed by atoms with van der Waals surface area (Å²) in [4.78, 5) is 9.70. The summed E-state index contributed by atoms with van der Waals surface area (Å²) in [5.41, 5.74) is 15.8. The summed E-state index contributed by atoms with van der Waals surface area (Å²) in [6, 6.07) is 4.50. The minimum Gasteiger partial charge on any atom is -0.347 e. The van der Waals surface area contributed by atoms with Gasteiger partial charge in [-0.1, -0.05) is 37.5 Å². The number of nitrogens with two attached hydrogens (primary N) is 1. The molecular weight excluding hydrogens is 332 g/mol. The molecule has 144 valence electrons. The first-order chi connectivity index (χ1) is 12.9. The Kier molecular flexibility index (Phi) is 5.66. The minimum atomic E-state index is 0.274. The topological polar surface area (TPSA) is 56.7 Å². The molecule has 0 aliphatic carbocycles. The summed E-state index contributed by atoms with van der Waals surface area (Å²) in [6.45, 7) is 11.4. The van der Waals surface area contributed by atoms with Gasteiger partial charge in [0.05, 0.1) is 16.7 Å². The van der Waals surface area contributed by atoms with E-state index < -0.39 is 0 Å². The minimum absolute atomic E-state index is 0.274. The van der Waals surface area contributed by atoms with E-state index in [0.29, 0.717) is 6.54 Å². The molecule has 0 aliphatic heterocycles. The van der Waals surface area contributed by atoms with Crippen LogP contribution in [0.1, 0.15) is 60.3 Å². The normalized spacial score (nSPS) is 12.7. The highest BCUT2D eigenvalue weighted by molar-refractivity contribution is 5.96. The van der Waals surface area contributed by atoms with Gasteiger partial charge in [-0.2, -0.15) is 0 Å². The van der Waals surface area contributed by atoms with Crippen molar-refractivity contribution < 1.29 is 0 Å². The fourth-order valence-corrected chi connectivity index (χ4v) is 4.33. The molecule has 1 aromatic carbocycles. The van der Waals surface area contributed by atoms with E-state index in [9.17, 15) is 0 Å². The standard InChI is InChI=1S/C23H32N4/c1-7-8-9-18(12-24)21-23-22(26-17(5)25-21)19(13-27(23)6)20-15(3)10-14(2)11-16(20)4/h10-11,13,18H,7-9,12,24H2,1-6H3. The van der Waals surface area contributed by atoms with Crippen molar-refractivity contribution >= 4 is 11.0 Å². The van der Waals surface area contributed by atoms with Crippen LogP contribution in [-0.2, 0) is 7.05 Å². The van der Waals surface area contributed by atoms with E-state index in [0.717, 1.165) is 29.0 Å². The summed E-state index contributed by atoms with van der Waals surface area (Å²) in [5.74, 6) is 1.10. The van der Waals surface area contributed by atoms with E-state index in [2.05, 4.69) is 57.6 Å². The average Bonchev–Trinajstić information content (AvgIpc) is 2.91. The first-order valence-electron chi connectivity index (χ1n) is 9.99. The number of aryl methyl sites for hydroxylation is 5. The Morgan fingerprint density at radius 3 is 2.33 bits per heavy atom. The molecule has 3 aromatic rings. The monoisotopic (exact) mass is 364 g/mol. The molecule has 3 rings (SSSR count). The van der Waals surface area contributed by atoms with Gasteiger partial charge in [0, 0.05) is 31.3 Å². The lowest BCUT2D eigenvalue weighted by molar-refractivity contribution is 0.579. The Balaban J connectivity index is 2.27. The van der Waals surface area contributed by atoms with Crippen molar-refractivity contribution in [3.8, 4) is 11.1 Å². The zero-order valence-electron chi connectivity index (χ0n) is 17.6. The predicted octanol–water partition coefficient (Wildman–Crippen LogP) is 5.10. The van der Waals surface area contributed by atoms with E-state index in [1.165, 1.54) is 40.7 Å². The van der Waals surface area contributed by atoms with Crippen LogP contribution in [-0.4, -0.2) is 21.1 Å². The lowest BCUT2D eigenvalue weighted by Gasteiger charge is -2.16. The maximum Gasteiger partial charge on any atom is 0.126 e. The number of aromatic nitrogens is 3. The molecule has 0 saturated carbocycles. The molecule has 2 aromatic heterocycles. The first kappa shape index (κ1) is 19.6. The largest absolute Gasteiger partial charge is 0.347 e. The van der Waals surface area contributed by atoms with Gasteiger partial charge in [-0.05, 0) is 50.8 Å². The lowest BCUT2D eigenvalue weighted by Crippen LogP contribution is -2.16. The van der Waals surface area contributed by atoms with Crippen molar-refractivity contribution in [2.75, 3.05) is 6.54 Å². The van der Waals surface area contributed by atoms with Crippen LogP contribution in [0.3, 0.4) is 0 Å². The second kappa shape index (κ2) is 7.81. The molecule has 2 heterocycles. The van der Waals surface area contributed by atoms with Gasteiger partial charge in [-0.25, -0.2) is 9.97 Å². The van der Waals surface area contributed by atoms with E-state index in [4.69, 9.17) is 15.7 Å². The smallest absolute Gasteiger partial charge is 0.126 e. The van der Waals surface area contributed by atoms with E-state index in [-0.39, 0.29) is 5.92 Å². The number of hydrogen-bond acceptors (Lipinski definition) is 3. The Labute approximate surface area is 162 Å². The molecule has 0 aliphatic rings. The maximum atomic E-state index is 6.15. The molecule has 1 atom stereocenters. The summed E-state index contributed by atoms with van der Waals surface area (Å²) in [7, 11) is 2.10. The molecule has 0 amide bonds. The first-order valence-corrected chi connectivity index (χ1v) is 9.99. The van der Waals surface area contributed by atoms with Crippen molar-refractivity contribution in [3.05, 3.63) is 46.5 Å². The Hall–Kier alpha value is -2.20. The number of hydrogen-bond donors (Lipinski definition) is 1. The second-order valence-electron chi connectivity index (χ2n) is 7.86. The molecule has 27 heavy (non-hydrogen) atoms. The van der Waals surface area contributed by atoms with Gasteiger partial charge in [0.2, 0.25) is 0 Å². The fraction of sp³-hybridized carbons (Fsp3) is 0.478. The molecule has 4 nitrogen and oxygen atoms in total. The summed E-state index contributed by atoms with van der Waals surface area (Å²) in [5, 5.41) is 0. The average molecular weight is 365 g/mol. The molecule has 1 unspecified atom stereocenters. The molecule has 0 saturated heterocycles. The van der Waals surface area contributed by atoms with E-state index in [1.807, 2.05) is 6.92 Å². The van der Waals surface area contributed by atoms with Crippen LogP contribution in [0.15, 0.2) is 18.3 Å². The number of rotatable bonds is 6. The van der Waals surface area contributed by atoms with Crippen LogP contribution in [0.5, 0.6) is 0 Å². The van der Waals surface area contributed by atoms with Crippen LogP contribution in [0.25, 0.3) is 22.2 Å². The molecule has 0 spiro atoms. The van der Waals surface area contributed by atoms with Gasteiger partial charge in [0.1, 0.15) is 5.82 Å². The van der Waals surface area contributed by atoms with Crippen LogP contribution in [0.2, 0.25) is 0 Å². The SMILES string of the molecule is CCCCC(CN)c1nc(C)nc2c(-c3c(C)cc(C)cc3C)cn(C)c12. The Bertz CT molecular complexity index is 945. The van der Waals surface area contributed by atoms with Gasteiger partial charge in [-0.3, -0.25) is 0 Å². The molecule has 0 fully saturated rings. The van der Waals surface area contributed by atoms with Gasteiger partial charge in [0.15, 0.2) is 0 Å². The van der Waals surface area contributed by atoms with Gasteiger partial charge in [0.25, 0.3) is 0 Å². The maximum absolute atomic E-state index is 6.15. The number of benzene rings is 1. The van der Waals surface area contributed by atoms with Crippen LogP contribution < -0.4 is 5.73 Å². The van der Waals surface area contributed by atoms with Crippen molar-refractivity contribution in [3.63, 3.8) is 0 Å². The van der Waals surface area contributed by atoms with Crippen molar-refractivity contribution in [2.45, 2.75) is 59.8 Å². The molecular formula is C23H32N4. The van der Waals surface area contributed by atoms with Crippen LogP contribution >= 0.6 is 0 Å². The molecule has 2 N–H and O–H groups in total. The lowest BCUT2D eigenvalue weighted by atomic mass is 9.93. The summed E-state index contributed by atoms with van der Waals surface area (Å²) < 4.78 is 2.19. The Morgan fingerprint density at radius 2 is 1.74 bits per heavy atom. The zero-order valence-corrected chi connectivity index (χ0v) is 17.6. The van der Waals surface area contributed by atoms with E-state index >= 15 is 0 Å². The second-order valence-corrected chi connectivity index (χ2v) is 7.86. The highest BCUT2D eigenvalue weighted by Gasteiger charge is 2.22. The van der Waals surface area contributed by atoms with Gasteiger partial charge >= 0.3 is 0 Å². The van der Waals surface area contributed by atoms with Crippen molar-refractivity contribution in [1.82, 2.24) is 14.5 Å². The third-order valence-corrected chi connectivity index (χ3v) is 5.48. The number of nitrogens with zero attached hydrogens (tertiary/aromatic N) is 3. The van der Waals surface area contributed by atoms with Crippen LogP contribution in [0, 0.1) is 27.7 Å². The third-order valence-electron chi connectivity index (χ3n) is 5.48. The fourth-order valence-electron chi connectivity index (χ4n) is 4.33. The predicted molar refractivity (Wildman–Crippen MR) is 114 cm³/mol. The van der Waals surface area contributed by atoms with Crippen molar-refractivity contribution in [2.24, 2.45) is 12.8 Å².